The molecule has 158 valence electrons. The molecule has 1 aromatic carbocycles. The molecule has 29 heavy (non-hydrogen) atoms. The predicted octanol–water partition coefficient (Wildman–Crippen LogP) is 3.30. The molecule has 3 rings (SSSR count). The first-order valence-electron chi connectivity index (χ1n) is 9.26. The molecule has 2 heterocycles. The maximum absolute atomic E-state index is 12.9. The number of halogens is 3. The molecule has 7 nitrogen and oxygen atoms in total. The lowest BCUT2D eigenvalue weighted by Crippen LogP contribution is -2.33. The average Bonchev–Trinajstić information content (AvgIpc) is 3.37. The Morgan fingerprint density at radius 1 is 1.38 bits per heavy atom. The van der Waals surface area contributed by atoms with Crippen molar-refractivity contribution in [3.8, 4) is 11.4 Å². The van der Waals surface area contributed by atoms with Gasteiger partial charge in [0.15, 0.2) is 0 Å². The van der Waals surface area contributed by atoms with Crippen LogP contribution < -0.4 is 0 Å². The van der Waals surface area contributed by atoms with Crippen molar-refractivity contribution in [2.75, 3.05) is 26.8 Å². The summed E-state index contributed by atoms with van der Waals surface area (Å²) in [4.78, 5) is 17.6. The van der Waals surface area contributed by atoms with Gasteiger partial charge in [0.25, 0.3) is 0 Å². The lowest BCUT2D eigenvalue weighted by molar-refractivity contribution is -0.141. The van der Waals surface area contributed by atoms with Crippen LogP contribution in [0.3, 0.4) is 0 Å². The molecule has 10 heteroatoms. The van der Waals surface area contributed by atoms with Crippen molar-refractivity contribution in [2.45, 2.75) is 38.1 Å². The van der Waals surface area contributed by atoms with Gasteiger partial charge < -0.3 is 14.0 Å². The topological polar surface area (TPSA) is 77.7 Å². The van der Waals surface area contributed by atoms with Crippen LogP contribution in [0.5, 0.6) is 0 Å². The van der Waals surface area contributed by atoms with Crippen molar-refractivity contribution in [1.29, 1.82) is 0 Å². The van der Waals surface area contributed by atoms with Crippen molar-refractivity contribution in [3.63, 3.8) is 0 Å². The van der Waals surface area contributed by atoms with Crippen LogP contribution in [0.1, 0.15) is 30.7 Å². The molecular weight excluding hydrogens is 391 g/mol. The van der Waals surface area contributed by atoms with Crippen molar-refractivity contribution in [1.82, 2.24) is 15.0 Å². The van der Waals surface area contributed by atoms with Gasteiger partial charge in [0.05, 0.1) is 31.7 Å². The lowest BCUT2D eigenvalue weighted by atomic mass is 10.1. The minimum absolute atomic E-state index is 0.0542. The van der Waals surface area contributed by atoms with Crippen molar-refractivity contribution in [3.05, 3.63) is 35.7 Å². The number of hydrogen-bond donors (Lipinski definition) is 0. The van der Waals surface area contributed by atoms with Crippen molar-refractivity contribution < 1.29 is 32.0 Å². The van der Waals surface area contributed by atoms with Crippen LogP contribution in [0.4, 0.5) is 13.2 Å². The molecule has 1 fully saturated rings. The van der Waals surface area contributed by atoms with E-state index in [1.807, 2.05) is 4.90 Å². The summed E-state index contributed by atoms with van der Waals surface area (Å²) in [6.07, 6.45) is -2.30. The first-order chi connectivity index (χ1) is 13.8. The summed E-state index contributed by atoms with van der Waals surface area (Å²) in [5.74, 6) is -0.00562. The molecule has 0 radical (unpaired) electrons. The lowest BCUT2D eigenvalue weighted by Gasteiger charge is -2.23. The number of aromatic nitrogens is 2. The number of hydrogen-bond acceptors (Lipinski definition) is 7. The van der Waals surface area contributed by atoms with E-state index in [4.69, 9.17) is 9.26 Å². The SMILES string of the molecule is COC(=O)CCN(Cc1nc(-c2cccc(C(F)(F)F)c2)no1)CC1CCCO1. The fourth-order valence-corrected chi connectivity index (χ4v) is 3.12. The van der Waals surface area contributed by atoms with Crippen LogP contribution >= 0.6 is 0 Å². The van der Waals surface area contributed by atoms with Gasteiger partial charge in [0.1, 0.15) is 0 Å². The molecule has 1 aliphatic heterocycles. The van der Waals surface area contributed by atoms with Gasteiger partial charge in [-0.2, -0.15) is 18.2 Å². The highest BCUT2D eigenvalue weighted by atomic mass is 19.4. The van der Waals surface area contributed by atoms with E-state index in [1.165, 1.54) is 19.2 Å². The number of carbonyl (C=O) groups is 1. The molecule has 0 N–H and O–H groups in total. The third-order valence-corrected chi connectivity index (χ3v) is 4.62. The molecule has 0 spiro atoms. The summed E-state index contributed by atoms with van der Waals surface area (Å²) in [6, 6.07) is 4.76. The number of benzene rings is 1. The van der Waals surface area contributed by atoms with Gasteiger partial charge >= 0.3 is 12.1 Å². The number of ether oxygens (including phenoxy) is 2. The average molecular weight is 413 g/mol. The Bertz CT molecular complexity index is 819. The third-order valence-electron chi connectivity index (χ3n) is 4.62. The molecule has 1 unspecified atom stereocenters. The second-order valence-corrected chi connectivity index (χ2v) is 6.79. The highest BCUT2D eigenvalue weighted by Crippen LogP contribution is 2.31. The summed E-state index contributed by atoms with van der Waals surface area (Å²) >= 11 is 0. The third kappa shape index (κ3) is 6.01. The number of methoxy groups -OCH3 is 1. The van der Waals surface area contributed by atoms with Crippen LogP contribution in [0.2, 0.25) is 0 Å². The highest BCUT2D eigenvalue weighted by Gasteiger charge is 2.31. The fourth-order valence-electron chi connectivity index (χ4n) is 3.12. The van der Waals surface area contributed by atoms with Crippen molar-refractivity contribution >= 4 is 5.97 Å². The van der Waals surface area contributed by atoms with E-state index in [2.05, 4.69) is 14.9 Å². The number of esters is 1. The Morgan fingerprint density at radius 3 is 2.90 bits per heavy atom. The monoisotopic (exact) mass is 413 g/mol. The maximum Gasteiger partial charge on any atom is 0.416 e. The number of nitrogens with zero attached hydrogens (tertiary/aromatic N) is 3. The minimum Gasteiger partial charge on any atom is -0.469 e. The van der Waals surface area contributed by atoms with E-state index in [-0.39, 0.29) is 42.3 Å². The molecule has 1 aliphatic rings. The largest absolute Gasteiger partial charge is 0.469 e. The number of rotatable bonds is 8. The molecule has 0 aliphatic carbocycles. The Hall–Kier alpha value is -2.46. The smallest absolute Gasteiger partial charge is 0.416 e. The summed E-state index contributed by atoms with van der Waals surface area (Å²) in [7, 11) is 1.33. The van der Waals surface area contributed by atoms with E-state index in [0.717, 1.165) is 25.0 Å². The molecular formula is C19H22F3N3O4. The Labute approximate surface area is 165 Å². The summed E-state index contributed by atoms with van der Waals surface area (Å²) in [5, 5.41) is 3.80. The van der Waals surface area contributed by atoms with Crippen LogP contribution in [-0.2, 0) is 27.0 Å². The first kappa shape index (κ1) is 21.3. The second kappa shape index (κ2) is 9.36. The zero-order valence-corrected chi connectivity index (χ0v) is 15.9. The van der Waals surface area contributed by atoms with Gasteiger partial charge in [-0.3, -0.25) is 9.69 Å². The molecule has 0 bridgehead atoms. The van der Waals surface area contributed by atoms with Gasteiger partial charge in [-0.05, 0) is 25.0 Å². The van der Waals surface area contributed by atoms with Crippen LogP contribution in [0, 0.1) is 0 Å². The normalized spacial score (nSPS) is 17.1. The number of carbonyl (C=O) groups excluding carboxylic acids is 1. The summed E-state index contributed by atoms with van der Waals surface area (Å²) in [5.41, 5.74) is -0.561. The zero-order valence-electron chi connectivity index (χ0n) is 15.9. The maximum atomic E-state index is 12.9. The number of alkyl halides is 3. The molecule has 2 aromatic rings. The first-order valence-corrected chi connectivity index (χ1v) is 9.26. The standard InChI is InChI=1S/C19H22F3N3O4/c1-27-17(26)7-8-25(11-15-6-3-9-28-15)12-16-23-18(24-29-16)13-4-2-5-14(10-13)19(20,21)22/h2,4-5,10,15H,3,6-9,11-12H2,1H3. The van der Waals surface area contributed by atoms with Gasteiger partial charge in [0.2, 0.25) is 11.7 Å². The Kier molecular flexibility index (Phi) is 6.86. The molecule has 1 atom stereocenters. The Morgan fingerprint density at radius 2 is 2.21 bits per heavy atom. The molecule has 0 saturated carbocycles. The minimum atomic E-state index is -4.45. The zero-order chi connectivity index (χ0) is 20.9. The van der Waals surface area contributed by atoms with Crippen LogP contribution in [-0.4, -0.2) is 53.9 Å². The van der Waals surface area contributed by atoms with Gasteiger partial charge in [-0.1, -0.05) is 17.3 Å². The van der Waals surface area contributed by atoms with Gasteiger partial charge in [-0.25, -0.2) is 0 Å². The van der Waals surface area contributed by atoms with Gasteiger partial charge in [-0.15, -0.1) is 0 Å². The van der Waals surface area contributed by atoms with Crippen molar-refractivity contribution in [2.24, 2.45) is 0 Å². The Balaban J connectivity index is 1.70. The van der Waals surface area contributed by atoms with E-state index < -0.39 is 11.7 Å². The second-order valence-electron chi connectivity index (χ2n) is 6.79. The summed E-state index contributed by atoms with van der Waals surface area (Å²) < 4.78 is 54.3. The molecule has 0 amide bonds. The van der Waals surface area contributed by atoms with E-state index in [0.29, 0.717) is 19.7 Å². The highest BCUT2D eigenvalue weighted by molar-refractivity contribution is 5.69. The van der Waals surface area contributed by atoms with Gasteiger partial charge in [0, 0.05) is 25.3 Å². The molecule has 1 saturated heterocycles. The van der Waals surface area contributed by atoms with E-state index in [9.17, 15) is 18.0 Å². The molecule has 1 aromatic heterocycles. The van der Waals surface area contributed by atoms with E-state index in [1.54, 1.807) is 0 Å². The van der Waals surface area contributed by atoms with Crippen LogP contribution in [0.25, 0.3) is 11.4 Å². The fraction of sp³-hybridized carbons (Fsp3) is 0.526. The quantitative estimate of drug-likeness (QED) is 0.615. The van der Waals surface area contributed by atoms with E-state index >= 15 is 0 Å². The summed E-state index contributed by atoms with van der Waals surface area (Å²) in [6.45, 7) is 1.95. The van der Waals surface area contributed by atoms with Crippen LogP contribution in [0.15, 0.2) is 28.8 Å². The predicted molar refractivity (Wildman–Crippen MR) is 95.6 cm³/mol.